The van der Waals surface area contributed by atoms with Crippen molar-refractivity contribution in [2.24, 2.45) is 0 Å². The summed E-state index contributed by atoms with van der Waals surface area (Å²) in [6.45, 7) is 10.7. The molecule has 2 aromatic carbocycles. The van der Waals surface area contributed by atoms with E-state index in [0.717, 1.165) is 16.7 Å². The highest BCUT2D eigenvalue weighted by atomic mass is 16.5. The number of carboxylic acid groups (broad SMARTS) is 1. The molecule has 0 unspecified atom stereocenters. The number of carboxylic acids is 1. The van der Waals surface area contributed by atoms with Crippen molar-refractivity contribution in [1.29, 1.82) is 5.41 Å². The summed E-state index contributed by atoms with van der Waals surface area (Å²) < 4.78 is 16.8. The quantitative estimate of drug-likeness (QED) is 0.501. The molecule has 182 valence electrons. The van der Waals surface area contributed by atoms with Crippen molar-refractivity contribution in [3.05, 3.63) is 52.6 Å². The first-order valence-electron chi connectivity index (χ1n) is 11.3. The Morgan fingerprint density at radius 1 is 1.00 bits per heavy atom. The predicted octanol–water partition coefficient (Wildman–Crippen LogP) is 4.27. The maximum atomic E-state index is 13.2. The van der Waals surface area contributed by atoms with Crippen molar-refractivity contribution in [3.8, 4) is 17.2 Å². The largest absolute Gasteiger partial charge is 0.490 e. The minimum Gasteiger partial charge on any atom is -0.490 e. The Bertz CT molecular complexity index is 1100. The lowest BCUT2D eigenvalue weighted by molar-refractivity contribution is -0.139. The number of carbonyl (C=O) groups excluding carboxylic acids is 1. The molecule has 1 aliphatic rings. The minimum atomic E-state index is -1.06. The van der Waals surface area contributed by atoms with Gasteiger partial charge in [-0.1, -0.05) is 20.8 Å². The molecular weight excluding hydrogens is 436 g/mol. The molecule has 0 saturated heterocycles. The number of hydrogen-bond donors (Lipinski definition) is 2. The summed E-state index contributed by atoms with van der Waals surface area (Å²) in [5, 5.41) is 17.6. The van der Waals surface area contributed by atoms with Gasteiger partial charge in [0, 0.05) is 23.2 Å². The summed E-state index contributed by atoms with van der Waals surface area (Å²) in [5.41, 5.74) is 2.53. The number of nitrogens with one attached hydrogen (secondary N) is 1. The lowest BCUT2D eigenvalue weighted by atomic mass is 9.85. The monoisotopic (exact) mass is 468 g/mol. The van der Waals surface area contributed by atoms with E-state index in [0.29, 0.717) is 42.6 Å². The number of benzene rings is 2. The molecule has 0 atom stereocenters. The van der Waals surface area contributed by atoms with Crippen LogP contribution in [0.5, 0.6) is 17.2 Å². The number of nitrogens with zero attached hydrogens (tertiary/aromatic N) is 1. The van der Waals surface area contributed by atoms with Gasteiger partial charge in [0.15, 0.2) is 23.9 Å². The molecular formula is C26H32N2O6. The van der Waals surface area contributed by atoms with Gasteiger partial charge in [-0.05, 0) is 55.2 Å². The fourth-order valence-electron chi connectivity index (χ4n) is 3.90. The molecule has 0 amide bonds. The van der Waals surface area contributed by atoms with Crippen molar-refractivity contribution in [3.63, 3.8) is 0 Å². The second-order valence-electron chi connectivity index (χ2n) is 9.09. The third-order valence-electron chi connectivity index (χ3n) is 5.50. The topological polar surface area (TPSA) is 109 Å². The normalized spacial score (nSPS) is 13.0. The summed E-state index contributed by atoms with van der Waals surface area (Å²) in [6, 6.07) is 8.73. The van der Waals surface area contributed by atoms with Gasteiger partial charge in [0.2, 0.25) is 0 Å². The van der Waals surface area contributed by atoms with Crippen LogP contribution < -0.4 is 14.2 Å². The third kappa shape index (κ3) is 5.50. The molecule has 8 heteroatoms. The van der Waals surface area contributed by atoms with Crippen LogP contribution in [-0.4, -0.2) is 54.0 Å². The minimum absolute atomic E-state index is 0.0420. The Labute approximate surface area is 199 Å². The van der Waals surface area contributed by atoms with Gasteiger partial charge < -0.3 is 24.2 Å². The summed E-state index contributed by atoms with van der Waals surface area (Å²) in [5.74, 6) is 0.739. The molecule has 34 heavy (non-hydrogen) atoms. The molecule has 0 radical (unpaired) electrons. The van der Waals surface area contributed by atoms with E-state index in [1.165, 1.54) is 0 Å². The van der Waals surface area contributed by atoms with Crippen LogP contribution in [-0.2, 0) is 16.8 Å². The van der Waals surface area contributed by atoms with Gasteiger partial charge >= 0.3 is 5.97 Å². The lowest BCUT2D eigenvalue weighted by Gasteiger charge is -2.24. The van der Waals surface area contributed by atoms with Crippen molar-refractivity contribution >= 4 is 17.6 Å². The van der Waals surface area contributed by atoms with Crippen LogP contribution in [0.4, 0.5) is 0 Å². The first-order chi connectivity index (χ1) is 16.0. The van der Waals surface area contributed by atoms with Gasteiger partial charge in [0.25, 0.3) is 0 Å². The summed E-state index contributed by atoms with van der Waals surface area (Å²) >= 11 is 0. The predicted molar refractivity (Wildman–Crippen MR) is 129 cm³/mol. The van der Waals surface area contributed by atoms with Crippen LogP contribution in [0.2, 0.25) is 0 Å². The molecule has 0 aliphatic carbocycles. The maximum absolute atomic E-state index is 13.2. The van der Waals surface area contributed by atoms with Crippen LogP contribution in [0.1, 0.15) is 61.7 Å². The summed E-state index contributed by atoms with van der Waals surface area (Å²) in [7, 11) is 0. The van der Waals surface area contributed by atoms with Gasteiger partial charge in [-0.15, -0.1) is 0 Å². The fourth-order valence-corrected chi connectivity index (χ4v) is 3.90. The number of Topliss-reactive ketones (excluding diaryl/α,β-unsaturated/α-hetero) is 1. The van der Waals surface area contributed by atoms with E-state index in [1.54, 1.807) is 23.1 Å². The molecule has 0 bridgehead atoms. The van der Waals surface area contributed by atoms with Gasteiger partial charge in [-0.3, -0.25) is 10.2 Å². The highest BCUT2D eigenvalue weighted by molar-refractivity contribution is 6.05. The zero-order chi connectivity index (χ0) is 25.0. The number of aliphatic carboxylic acids is 1. The highest BCUT2D eigenvalue weighted by Gasteiger charge is 2.29. The first kappa shape index (κ1) is 25.1. The van der Waals surface area contributed by atoms with Crippen LogP contribution in [0, 0.1) is 5.41 Å². The maximum Gasteiger partial charge on any atom is 0.341 e. The van der Waals surface area contributed by atoms with E-state index >= 15 is 0 Å². The van der Waals surface area contributed by atoms with Crippen LogP contribution in [0.25, 0.3) is 0 Å². The molecule has 0 saturated carbocycles. The van der Waals surface area contributed by atoms with Crippen molar-refractivity contribution in [1.82, 2.24) is 4.90 Å². The van der Waals surface area contributed by atoms with Crippen LogP contribution >= 0.6 is 0 Å². The fraction of sp³-hybridized carbons (Fsp3) is 0.423. The van der Waals surface area contributed by atoms with Gasteiger partial charge in [-0.2, -0.15) is 0 Å². The molecule has 1 aliphatic heterocycles. The number of ketones is 1. The zero-order valence-electron chi connectivity index (χ0n) is 20.4. The zero-order valence-corrected chi connectivity index (χ0v) is 20.4. The SMILES string of the molecule is CCOc1cc2c(cc1OCC)C(=N)N(CC(=O)c1ccc(OCC(=O)O)c(C(C)(C)C)c1)C2. The van der Waals surface area contributed by atoms with E-state index in [2.05, 4.69) is 0 Å². The van der Waals surface area contributed by atoms with E-state index in [1.807, 2.05) is 46.8 Å². The molecule has 0 aromatic heterocycles. The number of ether oxygens (including phenoxy) is 3. The molecule has 2 aromatic rings. The van der Waals surface area contributed by atoms with Crippen molar-refractivity contribution in [2.45, 2.75) is 46.6 Å². The first-order valence-corrected chi connectivity index (χ1v) is 11.3. The average Bonchev–Trinajstić information content (AvgIpc) is 3.06. The number of carbonyl (C=O) groups is 2. The van der Waals surface area contributed by atoms with E-state index in [4.69, 9.17) is 24.7 Å². The lowest BCUT2D eigenvalue weighted by Crippen LogP contribution is -2.30. The average molecular weight is 469 g/mol. The Balaban J connectivity index is 1.82. The van der Waals surface area contributed by atoms with Gasteiger partial charge in [0.05, 0.1) is 19.8 Å². The van der Waals surface area contributed by atoms with Crippen LogP contribution in [0.3, 0.4) is 0 Å². The standard InChI is InChI=1S/C26H32N2O6/c1-6-32-22-11-17-13-28(25(27)18(17)12-23(22)33-7-2)14-20(29)16-8-9-21(34-15-24(30)31)19(10-16)26(3,4)5/h8-12,27H,6-7,13-15H2,1-5H3,(H,30,31). The van der Waals surface area contributed by atoms with Crippen molar-refractivity contribution in [2.75, 3.05) is 26.4 Å². The second kappa shape index (κ2) is 10.2. The van der Waals surface area contributed by atoms with E-state index in [9.17, 15) is 9.59 Å². The number of hydrogen-bond acceptors (Lipinski definition) is 6. The molecule has 0 spiro atoms. The third-order valence-corrected chi connectivity index (χ3v) is 5.50. The molecule has 8 nitrogen and oxygen atoms in total. The van der Waals surface area contributed by atoms with Gasteiger partial charge in [0.1, 0.15) is 11.6 Å². The number of rotatable bonds is 10. The molecule has 0 fully saturated rings. The molecule has 2 N–H and O–H groups in total. The van der Waals surface area contributed by atoms with Gasteiger partial charge in [-0.25, -0.2) is 4.79 Å². The Hall–Kier alpha value is -3.55. The highest BCUT2D eigenvalue weighted by Crippen LogP contribution is 2.36. The Morgan fingerprint density at radius 2 is 1.65 bits per heavy atom. The smallest absolute Gasteiger partial charge is 0.341 e. The molecule has 3 rings (SSSR count). The second-order valence-corrected chi connectivity index (χ2v) is 9.09. The van der Waals surface area contributed by atoms with E-state index < -0.39 is 12.6 Å². The summed E-state index contributed by atoms with van der Waals surface area (Å²) in [6.07, 6.45) is 0. The number of amidine groups is 1. The summed E-state index contributed by atoms with van der Waals surface area (Å²) in [4.78, 5) is 25.8. The van der Waals surface area contributed by atoms with Crippen LogP contribution in [0.15, 0.2) is 30.3 Å². The number of fused-ring (bicyclic) bond motifs is 1. The molecule has 1 heterocycles. The Morgan fingerprint density at radius 3 is 2.24 bits per heavy atom. The van der Waals surface area contributed by atoms with Crippen molar-refractivity contribution < 1.29 is 28.9 Å². The Kier molecular flexibility index (Phi) is 7.49. The van der Waals surface area contributed by atoms with E-state index in [-0.39, 0.29) is 23.6 Å².